The Kier molecular flexibility index (Phi) is 4.53. The van der Waals surface area contributed by atoms with E-state index in [1.54, 1.807) is 0 Å². The van der Waals surface area contributed by atoms with Crippen molar-refractivity contribution < 1.29 is 23.6 Å². The Bertz CT molecular complexity index is 435. The molecular weight excluding hydrogens is 233 g/mol. The first-order chi connectivity index (χ1) is 8.06. The van der Waals surface area contributed by atoms with Gasteiger partial charge in [-0.3, -0.25) is 10.1 Å². The minimum absolute atomic E-state index is 0.0283. The number of ether oxygens (including phenoxy) is 2. The summed E-state index contributed by atoms with van der Waals surface area (Å²) < 4.78 is 22.4. The number of esters is 1. The highest BCUT2D eigenvalue weighted by atomic mass is 19.1. The number of hydrogen-bond acceptors (Lipinski definition) is 5. The third-order valence-electron chi connectivity index (χ3n) is 1.90. The molecule has 92 valence electrons. The maximum Gasteiger partial charge on any atom is 0.338 e. The zero-order valence-electron chi connectivity index (χ0n) is 9.01. The van der Waals surface area contributed by atoms with Crippen LogP contribution in [0.1, 0.15) is 10.4 Å². The highest BCUT2D eigenvalue weighted by Gasteiger charge is 2.18. The number of rotatable bonds is 5. The van der Waals surface area contributed by atoms with Gasteiger partial charge in [-0.05, 0) is 12.1 Å². The molecular formula is C10H10FNO5. The maximum absolute atomic E-state index is 13.0. The number of hydrogen-bond donors (Lipinski definition) is 0. The smallest absolute Gasteiger partial charge is 0.338 e. The van der Waals surface area contributed by atoms with Gasteiger partial charge in [0.25, 0.3) is 0 Å². The lowest BCUT2D eigenvalue weighted by Crippen LogP contribution is -2.10. The SMILES string of the molecule is COCCOC(=O)c1ccc(F)c([N+](=O)[O-])c1. The zero-order chi connectivity index (χ0) is 12.8. The summed E-state index contributed by atoms with van der Waals surface area (Å²) in [5.41, 5.74) is -0.833. The van der Waals surface area contributed by atoms with Crippen LogP contribution in [-0.4, -0.2) is 31.2 Å². The Hall–Kier alpha value is -2.02. The topological polar surface area (TPSA) is 78.7 Å². The van der Waals surface area contributed by atoms with E-state index in [1.165, 1.54) is 7.11 Å². The highest BCUT2D eigenvalue weighted by Crippen LogP contribution is 2.18. The van der Waals surface area contributed by atoms with Crippen LogP contribution in [0.5, 0.6) is 0 Å². The van der Waals surface area contributed by atoms with Gasteiger partial charge >= 0.3 is 11.7 Å². The first-order valence-electron chi connectivity index (χ1n) is 4.66. The predicted octanol–water partition coefficient (Wildman–Crippen LogP) is 1.54. The van der Waals surface area contributed by atoms with Gasteiger partial charge in [-0.15, -0.1) is 0 Å². The fraction of sp³-hybridized carbons (Fsp3) is 0.300. The van der Waals surface area contributed by atoms with Gasteiger partial charge < -0.3 is 9.47 Å². The van der Waals surface area contributed by atoms with Crippen molar-refractivity contribution in [2.75, 3.05) is 20.3 Å². The Morgan fingerprint density at radius 1 is 1.47 bits per heavy atom. The molecule has 0 fully saturated rings. The molecule has 0 heterocycles. The van der Waals surface area contributed by atoms with E-state index in [0.717, 1.165) is 18.2 Å². The molecule has 1 rings (SSSR count). The van der Waals surface area contributed by atoms with Crippen LogP contribution in [0.15, 0.2) is 18.2 Å². The molecule has 0 aliphatic carbocycles. The van der Waals surface area contributed by atoms with Crippen molar-refractivity contribution in [3.05, 3.63) is 39.7 Å². The number of nitro groups is 1. The summed E-state index contributed by atoms with van der Waals surface area (Å²) in [5, 5.41) is 10.5. The molecule has 0 aliphatic heterocycles. The van der Waals surface area contributed by atoms with Crippen LogP contribution >= 0.6 is 0 Å². The lowest BCUT2D eigenvalue weighted by atomic mass is 10.2. The Morgan fingerprint density at radius 3 is 2.76 bits per heavy atom. The van der Waals surface area contributed by atoms with E-state index in [1.807, 2.05) is 0 Å². The number of nitro benzene ring substituents is 1. The normalized spacial score (nSPS) is 10.0. The monoisotopic (exact) mass is 243 g/mol. The van der Waals surface area contributed by atoms with Gasteiger partial charge in [0, 0.05) is 13.2 Å². The van der Waals surface area contributed by atoms with Gasteiger partial charge in [0.1, 0.15) is 6.61 Å². The molecule has 0 unspecified atom stereocenters. The number of nitrogens with zero attached hydrogens (tertiary/aromatic N) is 1. The van der Waals surface area contributed by atoms with Gasteiger partial charge in [0.05, 0.1) is 17.1 Å². The van der Waals surface area contributed by atoms with Crippen molar-refractivity contribution in [3.8, 4) is 0 Å². The highest BCUT2D eigenvalue weighted by molar-refractivity contribution is 5.90. The largest absolute Gasteiger partial charge is 0.460 e. The fourth-order valence-electron chi connectivity index (χ4n) is 1.08. The summed E-state index contributed by atoms with van der Waals surface area (Å²) >= 11 is 0. The predicted molar refractivity (Wildman–Crippen MR) is 55.2 cm³/mol. The molecule has 6 nitrogen and oxygen atoms in total. The molecule has 0 radical (unpaired) electrons. The van der Waals surface area contributed by atoms with E-state index in [2.05, 4.69) is 4.74 Å². The van der Waals surface area contributed by atoms with E-state index in [4.69, 9.17) is 4.74 Å². The zero-order valence-corrected chi connectivity index (χ0v) is 9.01. The summed E-state index contributed by atoms with van der Waals surface area (Å²) in [6.07, 6.45) is 0. The van der Waals surface area contributed by atoms with Crippen molar-refractivity contribution in [2.24, 2.45) is 0 Å². The lowest BCUT2D eigenvalue weighted by molar-refractivity contribution is -0.387. The standard InChI is InChI=1S/C10H10FNO5/c1-16-4-5-17-10(13)7-2-3-8(11)9(6-7)12(14)15/h2-3,6H,4-5H2,1H3. The van der Waals surface area contributed by atoms with Crippen LogP contribution < -0.4 is 0 Å². The molecule has 0 saturated heterocycles. The van der Waals surface area contributed by atoms with Crippen LogP contribution in [0.4, 0.5) is 10.1 Å². The summed E-state index contributed by atoms with van der Waals surface area (Å²) in [7, 11) is 1.44. The van der Waals surface area contributed by atoms with Gasteiger partial charge in [0.2, 0.25) is 5.82 Å². The molecule has 0 amide bonds. The summed E-state index contributed by atoms with van der Waals surface area (Å²) in [4.78, 5) is 20.9. The van der Waals surface area contributed by atoms with Gasteiger partial charge in [-0.25, -0.2) is 4.79 Å². The third kappa shape index (κ3) is 3.49. The van der Waals surface area contributed by atoms with Crippen molar-refractivity contribution >= 4 is 11.7 Å². The molecule has 17 heavy (non-hydrogen) atoms. The van der Waals surface area contributed by atoms with Gasteiger partial charge in [-0.2, -0.15) is 4.39 Å². The molecule has 0 aromatic heterocycles. The number of halogens is 1. The van der Waals surface area contributed by atoms with Crippen LogP contribution in [0.25, 0.3) is 0 Å². The van der Waals surface area contributed by atoms with Crippen molar-refractivity contribution in [2.45, 2.75) is 0 Å². The average molecular weight is 243 g/mol. The van der Waals surface area contributed by atoms with Crippen LogP contribution in [0.2, 0.25) is 0 Å². The fourth-order valence-corrected chi connectivity index (χ4v) is 1.08. The molecule has 1 aromatic carbocycles. The minimum atomic E-state index is -0.997. The van der Waals surface area contributed by atoms with E-state index in [0.29, 0.717) is 0 Å². The molecule has 0 saturated carbocycles. The van der Waals surface area contributed by atoms with Gasteiger partial charge in [0.15, 0.2) is 0 Å². The summed E-state index contributed by atoms with van der Waals surface area (Å²) in [5.74, 6) is -1.76. The van der Waals surface area contributed by atoms with Crippen LogP contribution in [-0.2, 0) is 9.47 Å². The third-order valence-corrected chi connectivity index (χ3v) is 1.90. The first kappa shape index (κ1) is 13.0. The molecule has 0 atom stereocenters. The molecule has 0 bridgehead atoms. The maximum atomic E-state index is 13.0. The second-order valence-electron chi connectivity index (χ2n) is 3.05. The van der Waals surface area contributed by atoms with E-state index in [9.17, 15) is 19.3 Å². The molecule has 1 aromatic rings. The molecule has 0 spiro atoms. The number of benzene rings is 1. The van der Waals surface area contributed by atoms with Crippen molar-refractivity contribution in [1.82, 2.24) is 0 Å². The van der Waals surface area contributed by atoms with E-state index in [-0.39, 0.29) is 18.8 Å². The molecule has 0 N–H and O–H groups in total. The molecule has 0 aliphatic rings. The average Bonchev–Trinajstić information content (AvgIpc) is 2.29. The number of methoxy groups -OCH3 is 1. The van der Waals surface area contributed by atoms with Crippen LogP contribution in [0, 0.1) is 15.9 Å². The summed E-state index contributed by atoms with van der Waals surface area (Å²) in [6, 6.07) is 2.81. The van der Waals surface area contributed by atoms with Crippen LogP contribution in [0.3, 0.4) is 0 Å². The summed E-state index contributed by atoms with van der Waals surface area (Å²) in [6.45, 7) is 0.246. The van der Waals surface area contributed by atoms with Crippen molar-refractivity contribution in [1.29, 1.82) is 0 Å². The second-order valence-corrected chi connectivity index (χ2v) is 3.05. The number of carbonyl (C=O) groups is 1. The second kappa shape index (κ2) is 5.90. The molecule has 7 heteroatoms. The van der Waals surface area contributed by atoms with Gasteiger partial charge in [-0.1, -0.05) is 0 Å². The quantitative estimate of drug-likeness (QED) is 0.339. The minimum Gasteiger partial charge on any atom is -0.460 e. The Morgan fingerprint density at radius 2 is 2.18 bits per heavy atom. The Balaban J connectivity index is 2.81. The van der Waals surface area contributed by atoms with E-state index >= 15 is 0 Å². The van der Waals surface area contributed by atoms with E-state index < -0.39 is 22.4 Å². The Labute approximate surface area is 96.1 Å². The van der Waals surface area contributed by atoms with Crippen molar-refractivity contribution in [3.63, 3.8) is 0 Å². The number of carbonyl (C=O) groups excluding carboxylic acids is 1. The lowest BCUT2D eigenvalue weighted by Gasteiger charge is -2.03. The first-order valence-corrected chi connectivity index (χ1v) is 4.66.